The van der Waals surface area contributed by atoms with E-state index >= 15 is 0 Å². The Balaban J connectivity index is 1.69. The van der Waals surface area contributed by atoms with Gasteiger partial charge in [-0.1, -0.05) is 49.2 Å². The minimum absolute atomic E-state index is 0.189. The standard InChI is InChI=1S/C22H23ClN4O2/c1-3-4-15-5-7-16(8-6-15)20-13-24-14-21(26-20)22(28)27-25-12-17-11-18(29-2)9-10-19(17)23/h5-8,11-14H,3-4,9-10H2,1-2H3,(H,27,28)/b25-12+. The molecule has 2 aromatic rings. The highest BCUT2D eigenvalue weighted by Crippen LogP contribution is 2.25. The molecule has 3 rings (SSSR count). The van der Waals surface area contributed by atoms with Gasteiger partial charge in [0.2, 0.25) is 0 Å². The first-order chi connectivity index (χ1) is 14.1. The number of halogens is 1. The lowest BCUT2D eigenvalue weighted by molar-refractivity contribution is 0.0950. The number of hydrogen-bond acceptors (Lipinski definition) is 5. The Bertz CT molecular complexity index is 965. The Morgan fingerprint density at radius 3 is 2.79 bits per heavy atom. The van der Waals surface area contributed by atoms with Crippen molar-refractivity contribution in [2.24, 2.45) is 5.10 Å². The van der Waals surface area contributed by atoms with Crippen molar-refractivity contribution in [3.63, 3.8) is 0 Å². The number of hydrogen-bond donors (Lipinski definition) is 1. The number of aryl methyl sites for hydroxylation is 1. The van der Waals surface area contributed by atoms with E-state index in [-0.39, 0.29) is 5.69 Å². The number of carbonyl (C=O) groups excluding carboxylic acids is 1. The summed E-state index contributed by atoms with van der Waals surface area (Å²) in [5, 5.41) is 4.67. The van der Waals surface area contributed by atoms with Crippen LogP contribution in [-0.2, 0) is 11.2 Å². The number of nitrogens with zero attached hydrogens (tertiary/aromatic N) is 3. The van der Waals surface area contributed by atoms with Crippen molar-refractivity contribution < 1.29 is 9.53 Å². The first-order valence-corrected chi connectivity index (χ1v) is 9.86. The van der Waals surface area contributed by atoms with Crippen LogP contribution in [0, 0.1) is 0 Å². The van der Waals surface area contributed by atoms with Crippen molar-refractivity contribution >= 4 is 23.7 Å². The number of hydrazone groups is 1. The molecule has 0 saturated carbocycles. The Labute approximate surface area is 175 Å². The van der Waals surface area contributed by atoms with E-state index in [1.54, 1.807) is 13.3 Å². The molecule has 6 nitrogen and oxygen atoms in total. The highest BCUT2D eigenvalue weighted by Gasteiger charge is 2.12. The highest BCUT2D eigenvalue weighted by atomic mass is 35.5. The number of nitrogens with one attached hydrogen (secondary N) is 1. The Hall–Kier alpha value is -2.99. The average Bonchev–Trinajstić information content (AvgIpc) is 2.76. The number of aromatic nitrogens is 2. The minimum atomic E-state index is -0.443. The van der Waals surface area contributed by atoms with E-state index in [9.17, 15) is 4.79 Å². The summed E-state index contributed by atoms with van der Waals surface area (Å²) in [7, 11) is 1.62. The second-order valence-corrected chi connectivity index (χ2v) is 7.07. The van der Waals surface area contributed by atoms with Crippen LogP contribution in [0.1, 0.15) is 42.2 Å². The van der Waals surface area contributed by atoms with Crippen LogP contribution in [0.3, 0.4) is 0 Å². The molecule has 1 N–H and O–H groups in total. The van der Waals surface area contributed by atoms with E-state index in [4.69, 9.17) is 16.3 Å². The fourth-order valence-electron chi connectivity index (χ4n) is 2.93. The number of allylic oxidation sites excluding steroid dienone is 4. The predicted octanol–water partition coefficient (Wildman–Crippen LogP) is 4.63. The van der Waals surface area contributed by atoms with Crippen LogP contribution in [0.5, 0.6) is 0 Å². The third kappa shape index (κ3) is 5.51. The zero-order valence-electron chi connectivity index (χ0n) is 16.5. The average molecular weight is 411 g/mol. The van der Waals surface area contributed by atoms with Gasteiger partial charge >= 0.3 is 0 Å². The van der Waals surface area contributed by atoms with Crippen molar-refractivity contribution in [1.29, 1.82) is 0 Å². The number of ether oxygens (including phenoxy) is 1. The van der Waals surface area contributed by atoms with E-state index < -0.39 is 5.91 Å². The topological polar surface area (TPSA) is 76.5 Å². The van der Waals surface area contributed by atoms with E-state index in [1.165, 1.54) is 18.0 Å². The normalized spacial score (nSPS) is 14.1. The van der Waals surface area contributed by atoms with Crippen LogP contribution in [-0.4, -0.2) is 29.2 Å². The van der Waals surface area contributed by atoms with Gasteiger partial charge in [-0.05, 0) is 24.5 Å². The van der Waals surface area contributed by atoms with Gasteiger partial charge in [0.1, 0.15) is 5.69 Å². The summed E-state index contributed by atoms with van der Waals surface area (Å²) in [5.74, 6) is 0.382. The van der Waals surface area contributed by atoms with Gasteiger partial charge in [-0.2, -0.15) is 5.10 Å². The van der Waals surface area contributed by atoms with Crippen molar-refractivity contribution in [1.82, 2.24) is 15.4 Å². The van der Waals surface area contributed by atoms with Crippen molar-refractivity contribution in [3.8, 4) is 11.3 Å². The molecule has 0 aliphatic heterocycles. The molecule has 150 valence electrons. The maximum Gasteiger partial charge on any atom is 0.291 e. The molecule has 7 heteroatoms. The van der Waals surface area contributed by atoms with E-state index in [0.29, 0.717) is 22.7 Å². The zero-order valence-corrected chi connectivity index (χ0v) is 17.2. The molecular formula is C22H23ClN4O2. The number of methoxy groups -OCH3 is 1. The SMILES string of the molecule is CCCc1ccc(-c2cncc(C(=O)N/N=C/C3=C(Cl)CCC(OC)=C3)n2)cc1. The van der Waals surface area contributed by atoms with Gasteiger partial charge in [-0.15, -0.1) is 0 Å². The fraction of sp³-hybridized carbons (Fsp3) is 0.273. The fourth-order valence-corrected chi connectivity index (χ4v) is 3.13. The molecule has 0 spiro atoms. The van der Waals surface area contributed by atoms with Gasteiger partial charge in [-0.3, -0.25) is 9.78 Å². The molecule has 1 aliphatic rings. The van der Waals surface area contributed by atoms with Crippen LogP contribution in [0.4, 0.5) is 0 Å². The number of benzene rings is 1. The molecule has 0 unspecified atom stereocenters. The van der Waals surface area contributed by atoms with Gasteiger partial charge in [0.15, 0.2) is 0 Å². The second kappa shape index (κ2) is 9.98. The molecule has 1 amide bonds. The maximum atomic E-state index is 12.4. The molecule has 1 aliphatic carbocycles. The maximum absolute atomic E-state index is 12.4. The van der Waals surface area contributed by atoms with Crippen LogP contribution < -0.4 is 5.43 Å². The van der Waals surface area contributed by atoms with Crippen molar-refractivity contribution in [3.05, 3.63) is 70.4 Å². The molecule has 1 aromatic heterocycles. The highest BCUT2D eigenvalue weighted by molar-refractivity contribution is 6.31. The summed E-state index contributed by atoms with van der Waals surface area (Å²) < 4.78 is 5.24. The molecule has 0 fully saturated rings. The summed E-state index contributed by atoms with van der Waals surface area (Å²) in [6.45, 7) is 2.15. The second-order valence-electron chi connectivity index (χ2n) is 6.61. The van der Waals surface area contributed by atoms with Crippen molar-refractivity contribution in [2.75, 3.05) is 7.11 Å². The Kier molecular flexibility index (Phi) is 7.14. The van der Waals surface area contributed by atoms with E-state index in [2.05, 4.69) is 39.6 Å². The van der Waals surface area contributed by atoms with Crippen LogP contribution in [0.15, 0.2) is 64.2 Å². The molecular weight excluding hydrogens is 388 g/mol. The summed E-state index contributed by atoms with van der Waals surface area (Å²) >= 11 is 6.21. The lowest BCUT2D eigenvalue weighted by atomic mass is 10.1. The summed E-state index contributed by atoms with van der Waals surface area (Å²) in [5.41, 5.74) is 6.18. The van der Waals surface area contributed by atoms with Gasteiger partial charge < -0.3 is 4.74 Å². The van der Waals surface area contributed by atoms with Gasteiger partial charge in [0, 0.05) is 22.6 Å². The Morgan fingerprint density at radius 2 is 2.07 bits per heavy atom. The predicted molar refractivity (Wildman–Crippen MR) is 115 cm³/mol. The molecule has 0 saturated heterocycles. The lowest BCUT2D eigenvalue weighted by Gasteiger charge is -2.12. The molecule has 1 aromatic carbocycles. The molecule has 29 heavy (non-hydrogen) atoms. The smallest absolute Gasteiger partial charge is 0.291 e. The quantitative estimate of drug-likeness (QED) is 0.533. The summed E-state index contributed by atoms with van der Waals surface area (Å²) in [6.07, 6.45) is 9.93. The van der Waals surface area contributed by atoms with Crippen molar-refractivity contribution in [2.45, 2.75) is 32.6 Å². The first kappa shape index (κ1) is 20.7. The number of rotatable bonds is 7. The molecule has 0 atom stereocenters. The monoisotopic (exact) mass is 410 g/mol. The van der Waals surface area contributed by atoms with Crippen LogP contribution in [0.2, 0.25) is 0 Å². The largest absolute Gasteiger partial charge is 0.501 e. The van der Waals surface area contributed by atoms with Crippen LogP contribution >= 0.6 is 11.6 Å². The number of amides is 1. The van der Waals surface area contributed by atoms with E-state index in [0.717, 1.165) is 30.6 Å². The van der Waals surface area contributed by atoms with Gasteiger partial charge in [-0.25, -0.2) is 10.4 Å². The molecule has 0 bridgehead atoms. The zero-order chi connectivity index (χ0) is 20.6. The number of carbonyl (C=O) groups is 1. The van der Waals surface area contributed by atoms with Gasteiger partial charge in [0.05, 0.1) is 37.2 Å². The van der Waals surface area contributed by atoms with Crippen LogP contribution in [0.25, 0.3) is 11.3 Å². The summed E-state index contributed by atoms with van der Waals surface area (Å²) in [6, 6.07) is 8.13. The molecule has 1 heterocycles. The Morgan fingerprint density at radius 1 is 1.28 bits per heavy atom. The third-order valence-corrected chi connectivity index (χ3v) is 4.92. The van der Waals surface area contributed by atoms with E-state index in [1.807, 2.05) is 18.2 Å². The summed E-state index contributed by atoms with van der Waals surface area (Å²) in [4.78, 5) is 20.9. The third-order valence-electron chi connectivity index (χ3n) is 4.51. The molecule has 0 radical (unpaired) electrons. The van der Waals surface area contributed by atoms with Gasteiger partial charge in [0.25, 0.3) is 5.91 Å². The lowest BCUT2D eigenvalue weighted by Crippen LogP contribution is -2.19. The minimum Gasteiger partial charge on any atom is -0.501 e. The first-order valence-electron chi connectivity index (χ1n) is 9.48.